The van der Waals surface area contributed by atoms with E-state index in [9.17, 15) is 18.0 Å². The SMILES string of the molecule is CCc1nc2cc(C)c(Oc3ccc(OC(F)(F)F)cc3)cc2c(C(=O)OC)c1C. The van der Waals surface area contributed by atoms with Gasteiger partial charge in [-0.15, -0.1) is 13.2 Å². The lowest BCUT2D eigenvalue weighted by Crippen LogP contribution is -2.16. The molecule has 0 aliphatic heterocycles. The van der Waals surface area contributed by atoms with Gasteiger partial charge in [0.1, 0.15) is 17.2 Å². The molecule has 0 atom stereocenters. The third kappa shape index (κ3) is 4.48. The molecule has 3 aromatic rings. The predicted octanol–water partition coefficient (Wildman–Crippen LogP) is 5.89. The second-order valence-electron chi connectivity index (χ2n) is 6.66. The first-order valence-corrected chi connectivity index (χ1v) is 9.18. The smallest absolute Gasteiger partial charge is 0.465 e. The van der Waals surface area contributed by atoms with E-state index in [4.69, 9.17) is 9.47 Å². The number of hydrogen-bond acceptors (Lipinski definition) is 5. The highest BCUT2D eigenvalue weighted by Crippen LogP contribution is 2.34. The number of rotatable bonds is 5. The quantitative estimate of drug-likeness (QED) is 0.483. The van der Waals surface area contributed by atoms with Crippen LogP contribution in [0.2, 0.25) is 0 Å². The van der Waals surface area contributed by atoms with Gasteiger partial charge in [-0.3, -0.25) is 4.98 Å². The summed E-state index contributed by atoms with van der Waals surface area (Å²) in [5.74, 6) is -0.0490. The van der Waals surface area contributed by atoms with Crippen LogP contribution in [0.25, 0.3) is 10.9 Å². The van der Waals surface area contributed by atoms with Crippen molar-refractivity contribution in [2.24, 2.45) is 0 Å². The summed E-state index contributed by atoms with van der Waals surface area (Å²) in [7, 11) is 1.32. The van der Waals surface area contributed by atoms with E-state index in [2.05, 4.69) is 9.72 Å². The minimum Gasteiger partial charge on any atom is -0.465 e. The topological polar surface area (TPSA) is 57.7 Å². The third-order valence-electron chi connectivity index (χ3n) is 4.64. The van der Waals surface area contributed by atoms with Crippen LogP contribution >= 0.6 is 0 Å². The van der Waals surface area contributed by atoms with Crippen molar-refractivity contribution in [2.75, 3.05) is 7.11 Å². The summed E-state index contributed by atoms with van der Waals surface area (Å²) in [6.45, 7) is 5.59. The van der Waals surface area contributed by atoms with Crippen LogP contribution < -0.4 is 9.47 Å². The molecule has 0 aliphatic rings. The number of aryl methyl sites for hydroxylation is 2. The lowest BCUT2D eigenvalue weighted by Gasteiger charge is -2.15. The Morgan fingerprint density at radius 2 is 1.70 bits per heavy atom. The molecule has 0 fully saturated rings. The van der Waals surface area contributed by atoms with Gasteiger partial charge in [-0.2, -0.15) is 0 Å². The van der Waals surface area contributed by atoms with Crippen molar-refractivity contribution in [3.63, 3.8) is 0 Å². The maximum absolute atomic E-state index is 12.4. The number of fused-ring (bicyclic) bond motifs is 1. The fraction of sp³-hybridized carbons (Fsp3) is 0.273. The van der Waals surface area contributed by atoms with E-state index in [1.54, 1.807) is 12.1 Å². The molecule has 158 valence electrons. The summed E-state index contributed by atoms with van der Waals surface area (Å²) in [6.07, 6.45) is -4.10. The number of esters is 1. The number of ether oxygens (including phenoxy) is 3. The first kappa shape index (κ1) is 21.4. The van der Waals surface area contributed by atoms with Crippen molar-refractivity contribution < 1.29 is 32.2 Å². The fourth-order valence-corrected chi connectivity index (χ4v) is 3.20. The van der Waals surface area contributed by atoms with Gasteiger partial charge in [-0.05, 0) is 67.8 Å². The van der Waals surface area contributed by atoms with Crippen LogP contribution in [0.4, 0.5) is 13.2 Å². The molecular weight excluding hydrogens is 399 g/mol. The van der Waals surface area contributed by atoms with Crippen LogP contribution in [0.15, 0.2) is 36.4 Å². The van der Waals surface area contributed by atoms with Gasteiger partial charge >= 0.3 is 12.3 Å². The number of pyridine rings is 1. The molecule has 0 spiro atoms. The lowest BCUT2D eigenvalue weighted by molar-refractivity contribution is -0.274. The minimum atomic E-state index is -4.76. The normalized spacial score (nSPS) is 11.4. The fourth-order valence-electron chi connectivity index (χ4n) is 3.20. The summed E-state index contributed by atoms with van der Waals surface area (Å²) in [4.78, 5) is 17.1. The number of aromatic nitrogens is 1. The highest BCUT2D eigenvalue weighted by Gasteiger charge is 2.31. The molecule has 0 saturated heterocycles. The molecule has 0 amide bonds. The molecule has 3 rings (SSSR count). The van der Waals surface area contributed by atoms with Gasteiger partial charge in [0.15, 0.2) is 0 Å². The van der Waals surface area contributed by atoms with Gasteiger partial charge in [0.05, 0.1) is 18.2 Å². The van der Waals surface area contributed by atoms with Crippen molar-refractivity contribution in [3.05, 3.63) is 58.8 Å². The molecule has 30 heavy (non-hydrogen) atoms. The molecule has 1 aromatic heterocycles. The maximum Gasteiger partial charge on any atom is 0.573 e. The van der Waals surface area contributed by atoms with Crippen molar-refractivity contribution in [2.45, 2.75) is 33.6 Å². The molecule has 8 heteroatoms. The number of benzene rings is 2. The van der Waals surface area contributed by atoms with E-state index in [1.165, 1.54) is 19.2 Å². The Labute approximate surface area is 171 Å². The van der Waals surface area contributed by atoms with Gasteiger partial charge in [-0.25, -0.2) is 4.79 Å². The second-order valence-corrected chi connectivity index (χ2v) is 6.66. The van der Waals surface area contributed by atoms with Crippen LogP contribution in [0.3, 0.4) is 0 Å². The van der Waals surface area contributed by atoms with E-state index >= 15 is 0 Å². The van der Waals surface area contributed by atoms with Gasteiger partial charge in [0, 0.05) is 11.1 Å². The van der Waals surface area contributed by atoms with Crippen molar-refractivity contribution >= 4 is 16.9 Å². The van der Waals surface area contributed by atoms with Crippen molar-refractivity contribution in [1.29, 1.82) is 0 Å². The Morgan fingerprint density at radius 1 is 1.07 bits per heavy atom. The predicted molar refractivity (Wildman–Crippen MR) is 105 cm³/mol. The van der Waals surface area contributed by atoms with Crippen LogP contribution in [0, 0.1) is 13.8 Å². The number of methoxy groups -OCH3 is 1. The highest BCUT2D eigenvalue weighted by atomic mass is 19.4. The number of carbonyl (C=O) groups is 1. The zero-order chi connectivity index (χ0) is 22.1. The monoisotopic (exact) mass is 419 g/mol. The number of alkyl halides is 3. The molecule has 5 nitrogen and oxygen atoms in total. The molecule has 2 aromatic carbocycles. The molecule has 0 bridgehead atoms. The molecule has 0 unspecified atom stereocenters. The van der Waals surface area contributed by atoms with E-state index in [0.29, 0.717) is 34.4 Å². The van der Waals surface area contributed by atoms with E-state index in [1.807, 2.05) is 20.8 Å². The number of halogens is 3. The molecule has 0 aliphatic carbocycles. The summed E-state index contributed by atoms with van der Waals surface area (Å²) in [5.41, 5.74) is 3.35. The molecule has 0 radical (unpaired) electrons. The molecule has 1 heterocycles. The molecular formula is C22H20F3NO4. The Kier molecular flexibility index (Phi) is 5.87. The Balaban J connectivity index is 2.03. The first-order chi connectivity index (χ1) is 14.1. The van der Waals surface area contributed by atoms with Gasteiger partial charge < -0.3 is 14.2 Å². The van der Waals surface area contributed by atoms with Crippen LogP contribution in [-0.4, -0.2) is 24.4 Å². The lowest BCUT2D eigenvalue weighted by atomic mass is 9.99. The largest absolute Gasteiger partial charge is 0.573 e. The standard InChI is InChI=1S/C22H20F3NO4/c1-5-17-13(3)20(21(27)28-4)16-11-19(12(2)10-18(16)26-17)29-14-6-8-15(9-7-14)30-22(23,24)25/h6-11H,5H2,1-4H3. The molecule has 0 saturated carbocycles. The zero-order valence-corrected chi connectivity index (χ0v) is 16.9. The summed E-state index contributed by atoms with van der Waals surface area (Å²) < 4.78 is 51.6. The zero-order valence-electron chi connectivity index (χ0n) is 16.9. The number of nitrogens with zero attached hydrogens (tertiary/aromatic N) is 1. The summed E-state index contributed by atoms with van der Waals surface area (Å²) >= 11 is 0. The van der Waals surface area contributed by atoms with Crippen molar-refractivity contribution in [3.8, 4) is 17.2 Å². The van der Waals surface area contributed by atoms with Gasteiger partial charge in [0.2, 0.25) is 0 Å². The van der Waals surface area contributed by atoms with Gasteiger partial charge in [0.25, 0.3) is 0 Å². The summed E-state index contributed by atoms with van der Waals surface area (Å²) in [6, 6.07) is 8.56. The Bertz CT molecular complexity index is 1090. The maximum atomic E-state index is 12.4. The van der Waals surface area contributed by atoms with E-state index < -0.39 is 12.3 Å². The number of carbonyl (C=O) groups excluding carboxylic acids is 1. The third-order valence-corrected chi connectivity index (χ3v) is 4.64. The average Bonchev–Trinajstić information content (AvgIpc) is 2.68. The van der Waals surface area contributed by atoms with Crippen molar-refractivity contribution in [1.82, 2.24) is 4.98 Å². The summed E-state index contributed by atoms with van der Waals surface area (Å²) in [5, 5.41) is 0.578. The van der Waals surface area contributed by atoms with Crippen LogP contribution in [-0.2, 0) is 11.2 Å². The minimum absolute atomic E-state index is 0.321. The number of hydrogen-bond donors (Lipinski definition) is 0. The average molecular weight is 419 g/mol. The Morgan fingerprint density at radius 3 is 2.27 bits per heavy atom. The van der Waals surface area contributed by atoms with Gasteiger partial charge in [-0.1, -0.05) is 6.92 Å². The highest BCUT2D eigenvalue weighted by molar-refractivity contribution is 6.05. The van der Waals surface area contributed by atoms with E-state index in [-0.39, 0.29) is 5.75 Å². The second kappa shape index (κ2) is 8.22. The van der Waals surface area contributed by atoms with Crippen LogP contribution in [0.5, 0.6) is 17.2 Å². The first-order valence-electron chi connectivity index (χ1n) is 9.18. The molecule has 0 N–H and O–H groups in total. The Hall–Kier alpha value is -3.29. The van der Waals surface area contributed by atoms with Crippen LogP contribution in [0.1, 0.15) is 34.1 Å². The van der Waals surface area contributed by atoms with E-state index in [0.717, 1.165) is 29.0 Å².